The second-order valence-electron chi connectivity index (χ2n) is 11.1. The molecule has 1 amide bonds. The van der Waals surface area contributed by atoms with Gasteiger partial charge in [0.2, 0.25) is 0 Å². The van der Waals surface area contributed by atoms with E-state index in [0.29, 0.717) is 37.8 Å². The van der Waals surface area contributed by atoms with Crippen molar-refractivity contribution < 1.29 is 28.6 Å². The molecule has 1 unspecified atom stereocenters. The van der Waals surface area contributed by atoms with E-state index in [1.165, 1.54) is 12.1 Å². The summed E-state index contributed by atoms with van der Waals surface area (Å²) in [6.07, 6.45) is 2.35. The second kappa shape index (κ2) is 11.1. The average molecular weight is 533 g/mol. The summed E-state index contributed by atoms with van der Waals surface area (Å²) in [6, 6.07) is 15.9. The minimum Gasteiger partial charge on any atom is -0.462 e. The van der Waals surface area contributed by atoms with E-state index in [-0.39, 0.29) is 29.7 Å². The standard InChI is InChI=1S/C31H33FN2O5/c1-31(2)17-25(39-30(37)34-22-13-20-5-3-4-6-28(20)33-18-22)16-26(19-7-9-21(32)10-8-19)27(31)12-11-24-14-23(35)15-29(36)38-24/h3-10,13,18,23-25,35H,11-12,14-17H2,1-2H3,(H,34,37)/t23-,24-,25?/m0/s1. The molecule has 39 heavy (non-hydrogen) atoms. The van der Waals surface area contributed by atoms with Gasteiger partial charge in [0.1, 0.15) is 18.0 Å². The van der Waals surface area contributed by atoms with Crippen molar-refractivity contribution in [3.63, 3.8) is 0 Å². The maximum Gasteiger partial charge on any atom is 0.411 e. The molecule has 2 N–H and O–H groups in total. The van der Waals surface area contributed by atoms with Crippen LogP contribution in [0, 0.1) is 11.2 Å². The smallest absolute Gasteiger partial charge is 0.411 e. The van der Waals surface area contributed by atoms with Crippen LogP contribution in [0.3, 0.4) is 0 Å². The third-order valence-corrected chi connectivity index (χ3v) is 7.61. The Labute approximate surface area is 227 Å². The Balaban J connectivity index is 1.34. The average Bonchev–Trinajstić information content (AvgIpc) is 2.87. The molecular formula is C31H33FN2O5. The zero-order valence-corrected chi connectivity index (χ0v) is 22.2. The third-order valence-electron chi connectivity index (χ3n) is 7.61. The predicted octanol–water partition coefficient (Wildman–Crippen LogP) is 6.41. The molecule has 2 heterocycles. The molecular weight excluding hydrogens is 499 g/mol. The Hall–Kier alpha value is -3.78. The van der Waals surface area contributed by atoms with Crippen molar-refractivity contribution in [1.29, 1.82) is 0 Å². The number of benzene rings is 2. The van der Waals surface area contributed by atoms with Gasteiger partial charge in [-0.25, -0.2) is 9.18 Å². The summed E-state index contributed by atoms with van der Waals surface area (Å²) >= 11 is 0. The van der Waals surface area contributed by atoms with Gasteiger partial charge < -0.3 is 14.6 Å². The van der Waals surface area contributed by atoms with Gasteiger partial charge in [0.05, 0.1) is 29.9 Å². The van der Waals surface area contributed by atoms with Gasteiger partial charge in [-0.1, -0.05) is 49.8 Å². The number of halogens is 1. The fourth-order valence-electron chi connectivity index (χ4n) is 5.82. The van der Waals surface area contributed by atoms with Crippen LogP contribution in [-0.4, -0.2) is 40.5 Å². The molecule has 0 saturated carbocycles. The molecule has 0 spiro atoms. The van der Waals surface area contributed by atoms with Crippen LogP contribution in [0.1, 0.15) is 57.9 Å². The SMILES string of the molecule is CC1(C)CC(OC(=O)Nc2cnc3ccccc3c2)CC(c2ccc(F)cc2)=C1CC[C@H]1C[C@H](O)CC(=O)O1. The summed E-state index contributed by atoms with van der Waals surface area (Å²) in [5.74, 6) is -0.703. The van der Waals surface area contributed by atoms with E-state index in [4.69, 9.17) is 9.47 Å². The number of nitrogens with zero attached hydrogens (tertiary/aromatic N) is 1. The molecule has 2 aliphatic rings. The second-order valence-corrected chi connectivity index (χ2v) is 11.1. The molecule has 1 aromatic heterocycles. The fourth-order valence-corrected chi connectivity index (χ4v) is 5.82. The van der Waals surface area contributed by atoms with Gasteiger partial charge >= 0.3 is 12.1 Å². The van der Waals surface area contributed by atoms with E-state index < -0.39 is 18.3 Å². The number of rotatable bonds is 6. The molecule has 2 aromatic carbocycles. The van der Waals surface area contributed by atoms with Crippen LogP contribution in [0.4, 0.5) is 14.9 Å². The van der Waals surface area contributed by atoms with Crippen molar-refractivity contribution in [3.05, 3.63) is 77.7 Å². The first-order valence-corrected chi connectivity index (χ1v) is 13.3. The minimum absolute atomic E-state index is 0.0296. The highest BCUT2D eigenvalue weighted by atomic mass is 19.1. The summed E-state index contributed by atoms with van der Waals surface area (Å²) < 4.78 is 25.1. The Morgan fingerprint density at radius 2 is 1.95 bits per heavy atom. The first-order valence-electron chi connectivity index (χ1n) is 13.3. The lowest BCUT2D eigenvalue weighted by Crippen LogP contribution is -2.35. The van der Waals surface area contributed by atoms with Crippen LogP contribution in [0.15, 0.2) is 66.4 Å². The van der Waals surface area contributed by atoms with Crippen molar-refractivity contribution in [3.8, 4) is 0 Å². The van der Waals surface area contributed by atoms with Crippen LogP contribution < -0.4 is 5.32 Å². The van der Waals surface area contributed by atoms with Crippen molar-refractivity contribution >= 4 is 34.2 Å². The van der Waals surface area contributed by atoms with E-state index in [9.17, 15) is 19.1 Å². The number of carbonyl (C=O) groups excluding carboxylic acids is 2. The fraction of sp³-hybridized carbons (Fsp3) is 0.387. The number of carbonyl (C=O) groups is 2. The van der Waals surface area contributed by atoms with Crippen molar-refractivity contribution in [2.24, 2.45) is 5.41 Å². The van der Waals surface area contributed by atoms with Gasteiger partial charge in [-0.3, -0.25) is 15.1 Å². The molecule has 204 valence electrons. The van der Waals surface area contributed by atoms with E-state index >= 15 is 0 Å². The molecule has 1 saturated heterocycles. The lowest BCUT2D eigenvalue weighted by Gasteiger charge is -2.40. The number of aliphatic hydroxyl groups excluding tert-OH is 1. The van der Waals surface area contributed by atoms with Crippen LogP contribution in [-0.2, 0) is 14.3 Å². The van der Waals surface area contributed by atoms with Gasteiger partial charge in [0.15, 0.2) is 0 Å². The molecule has 7 nitrogen and oxygen atoms in total. The lowest BCUT2D eigenvalue weighted by molar-refractivity contribution is -0.160. The number of hydrogen-bond donors (Lipinski definition) is 2. The Morgan fingerprint density at radius 3 is 2.72 bits per heavy atom. The first kappa shape index (κ1) is 26.8. The number of amides is 1. The lowest BCUT2D eigenvalue weighted by atomic mass is 9.68. The monoisotopic (exact) mass is 532 g/mol. The maximum atomic E-state index is 13.7. The number of nitrogens with one attached hydrogen (secondary N) is 1. The maximum absolute atomic E-state index is 13.7. The zero-order valence-electron chi connectivity index (χ0n) is 22.2. The quantitative estimate of drug-likeness (QED) is 0.356. The largest absolute Gasteiger partial charge is 0.462 e. The van der Waals surface area contributed by atoms with Gasteiger partial charge in [0, 0.05) is 18.2 Å². The number of pyridine rings is 1. The summed E-state index contributed by atoms with van der Waals surface area (Å²) in [5, 5.41) is 13.7. The van der Waals surface area contributed by atoms with E-state index in [0.717, 1.165) is 27.6 Å². The van der Waals surface area contributed by atoms with Gasteiger partial charge in [-0.2, -0.15) is 0 Å². The summed E-state index contributed by atoms with van der Waals surface area (Å²) in [7, 11) is 0. The third kappa shape index (κ3) is 6.45. The van der Waals surface area contributed by atoms with Crippen LogP contribution in [0.25, 0.3) is 16.5 Å². The van der Waals surface area contributed by atoms with Crippen molar-refractivity contribution in [2.75, 3.05) is 5.32 Å². The van der Waals surface area contributed by atoms with Gasteiger partial charge in [-0.15, -0.1) is 0 Å². The summed E-state index contributed by atoms with van der Waals surface area (Å²) in [4.78, 5) is 29.1. The van der Waals surface area contributed by atoms with Gasteiger partial charge in [-0.05, 0) is 60.1 Å². The topological polar surface area (TPSA) is 97.8 Å². The number of para-hydroxylation sites is 1. The van der Waals surface area contributed by atoms with E-state index in [1.807, 2.05) is 30.3 Å². The van der Waals surface area contributed by atoms with Gasteiger partial charge in [0.25, 0.3) is 0 Å². The molecule has 0 radical (unpaired) electrons. The molecule has 8 heteroatoms. The molecule has 1 aliphatic carbocycles. The Kier molecular flexibility index (Phi) is 7.66. The molecule has 1 aliphatic heterocycles. The summed E-state index contributed by atoms with van der Waals surface area (Å²) in [5.41, 5.74) is 4.07. The predicted molar refractivity (Wildman–Crippen MR) is 146 cm³/mol. The molecule has 5 rings (SSSR count). The highest BCUT2D eigenvalue weighted by Gasteiger charge is 2.38. The highest BCUT2D eigenvalue weighted by Crippen LogP contribution is 2.47. The normalized spacial score (nSPS) is 22.9. The number of hydrogen-bond acceptors (Lipinski definition) is 6. The van der Waals surface area contributed by atoms with Crippen molar-refractivity contribution in [1.82, 2.24) is 4.98 Å². The minimum atomic E-state index is -0.685. The number of esters is 1. The van der Waals surface area contributed by atoms with Crippen LogP contribution >= 0.6 is 0 Å². The van der Waals surface area contributed by atoms with E-state index in [2.05, 4.69) is 24.1 Å². The number of cyclic esters (lactones) is 1. The molecule has 3 aromatic rings. The highest BCUT2D eigenvalue weighted by molar-refractivity contribution is 5.89. The number of fused-ring (bicyclic) bond motifs is 1. The molecule has 0 bridgehead atoms. The van der Waals surface area contributed by atoms with Crippen LogP contribution in [0.2, 0.25) is 0 Å². The van der Waals surface area contributed by atoms with E-state index in [1.54, 1.807) is 18.3 Å². The number of allylic oxidation sites excluding steroid dienone is 1. The number of aliphatic hydroxyl groups is 1. The molecule has 3 atom stereocenters. The zero-order chi connectivity index (χ0) is 27.6. The Morgan fingerprint density at radius 1 is 1.18 bits per heavy atom. The van der Waals surface area contributed by atoms with Crippen LogP contribution in [0.5, 0.6) is 0 Å². The van der Waals surface area contributed by atoms with Crippen molar-refractivity contribution in [2.45, 2.75) is 70.7 Å². The first-order chi connectivity index (χ1) is 18.7. The summed E-state index contributed by atoms with van der Waals surface area (Å²) in [6.45, 7) is 4.21. The Bertz CT molecular complexity index is 1400. The number of anilines is 1. The number of ether oxygens (including phenoxy) is 2. The molecule has 1 fully saturated rings. The number of aromatic nitrogens is 1.